The topological polar surface area (TPSA) is 60.7 Å². The highest BCUT2D eigenvalue weighted by Crippen LogP contribution is 2.35. The van der Waals surface area contributed by atoms with Crippen molar-refractivity contribution in [3.63, 3.8) is 0 Å². The molecule has 0 aliphatic rings. The Morgan fingerprint density at radius 1 is 1.25 bits per heavy atom. The van der Waals surface area contributed by atoms with Gasteiger partial charge in [-0.15, -0.1) is 13.2 Å². The maximum Gasteiger partial charge on any atom is 0.572 e. The molecular formula is C23H27ClF3NO4. The molecule has 0 unspecified atom stereocenters. The van der Waals surface area contributed by atoms with Gasteiger partial charge in [0.2, 0.25) is 0 Å². The highest BCUT2D eigenvalue weighted by atomic mass is 35.5. The Morgan fingerprint density at radius 2 is 1.94 bits per heavy atom. The van der Waals surface area contributed by atoms with E-state index in [-0.39, 0.29) is 12.2 Å². The number of allylic oxidation sites excluding steroid dienone is 4. The van der Waals surface area contributed by atoms with Gasteiger partial charge in [-0.3, -0.25) is 4.79 Å². The van der Waals surface area contributed by atoms with Crippen LogP contribution in [0.15, 0.2) is 35.6 Å². The Morgan fingerprint density at radius 3 is 2.53 bits per heavy atom. The Labute approximate surface area is 190 Å². The van der Waals surface area contributed by atoms with E-state index in [0.29, 0.717) is 23.7 Å². The summed E-state index contributed by atoms with van der Waals surface area (Å²) in [4.78, 5) is 11.4. The summed E-state index contributed by atoms with van der Waals surface area (Å²) < 4.78 is 47.7. The number of ether oxygens (including phenoxy) is 2. The number of aliphatic carboxylic acids is 1. The lowest BCUT2D eigenvalue weighted by Crippen LogP contribution is -2.11. The van der Waals surface area contributed by atoms with E-state index in [1.807, 2.05) is 24.5 Å². The predicted molar refractivity (Wildman–Crippen MR) is 118 cm³/mol. The second-order valence-electron chi connectivity index (χ2n) is 7.54. The van der Waals surface area contributed by atoms with Crippen LogP contribution in [-0.4, -0.2) is 29.1 Å². The average molecular weight is 474 g/mol. The van der Waals surface area contributed by atoms with Crippen molar-refractivity contribution in [3.8, 4) is 5.75 Å². The van der Waals surface area contributed by atoms with Gasteiger partial charge in [-0.2, -0.15) is 0 Å². The van der Waals surface area contributed by atoms with Crippen LogP contribution in [-0.2, 0) is 22.5 Å². The maximum atomic E-state index is 12.2. The summed E-state index contributed by atoms with van der Waals surface area (Å²) in [6.45, 7) is 5.72. The van der Waals surface area contributed by atoms with E-state index in [4.69, 9.17) is 16.3 Å². The van der Waals surface area contributed by atoms with Crippen molar-refractivity contribution in [1.29, 1.82) is 0 Å². The molecule has 9 heteroatoms. The Hall–Kier alpha value is -2.61. The molecule has 1 aromatic carbocycles. The van der Waals surface area contributed by atoms with Gasteiger partial charge in [0.25, 0.3) is 0 Å². The van der Waals surface area contributed by atoms with E-state index in [1.54, 1.807) is 12.1 Å². The molecule has 0 bridgehead atoms. The number of aryl methyl sites for hydroxylation is 1. The van der Waals surface area contributed by atoms with E-state index >= 15 is 0 Å². The number of carboxylic acid groups (broad SMARTS) is 1. The second kappa shape index (κ2) is 10.8. The first kappa shape index (κ1) is 25.6. The zero-order chi connectivity index (χ0) is 24.1. The average Bonchev–Trinajstić information content (AvgIpc) is 2.90. The Kier molecular flexibility index (Phi) is 8.66. The molecule has 0 fully saturated rings. The molecule has 0 aliphatic carbocycles. The highest BCUT2D eigenvalue weighted by molar-refractivity contribution is 6.32. The number of carboxylic acids is 1. The summed E-state index contributed by atoms with van der Waals surface area (Å²) in [7, 11) is 1.51. The third-order valence-electron chi connectivity index (χ3n) is 5.16. The summed E-state index contributed by atoms with van der Waals surface area (Å²) >= 11 is 6.30. The fourth-order valence-electron chi connectivity index (χ4n) is 3.63. The van der Waals surface area contributed by atoms with E-state index in [0.717, 1.165) is 40.6 Å². The number of aromatic nitrogens is 1. The molecular weight excluding hydrogens is 447 g/mol. The first-order chi connectivity index (χ1) is 14.9. The number of fused-ring (bicyclic) bond motifs is 1. The van der Waals surface area contributed by atoms with E-state index < -0.39 is 12.3 Å². The van der Waals surface area contributed by atoms with Crippen LogP contribution in [0, 0.1) is 6.92 Å². The number of hydrogen-bond donors (Lipinski definition) is 1. The molecule has 0 saturated carbocycles. The lowest BCUT2D eigenvalue weighted by Gasteiger charge is -2.10. The highest BCUT2D eigenvalue weighted by Gasteiger charge is 2.30. The van der Waals surface area contributed by atoms with Crippen LogP contribution in [0.1, 0.15) is 44.4 Å². The van der Waals surface area contributed by atoms with Gasteiger partial charge in [0, 0.05) is 17.6 Å². The molecule has 176 valence electrons. The molecule has 0 spiro atoms. The monoisotopic (exact) mass is 473 g/mol. The fraction of sp³-hybridized carbons (Fsp3) is 0.435. The number of benzene rings is 1. The summed E-state index contributed by atoms with van der Waals surface area (Å²) in [6, 6.07) is 3.55. The van der Waals surface area contributed by atoms with Crippen molar-refractivity contribution in [2.24, 2.45) is 0 Å². The van der Waals surface area contributed by atoms with Crippen LogP contribution in [0.3, 0.4) is 0 Å². The second-order valence-corrected chi connectivity index (χ2v) is 7.95. The van der Waals surface area contributed by atoms with E-state index in [9.17, 15) is 23.1 Å². The first-order valence-electron chi connectivity index (χ1n) is 10.1. The van der Waals surface area contributed by atoms with Crippen molar-refractivity contribution >= 4 is 28.5 Å². The number of alkyl halides is 3. The molecule has 2 rings (SSSR count). The quantitative estimate of drug-likeness (QED) is 0.304. The minimum atomic E-state index is -4.68. The molecule has 0 amide bonds. The van der Waals surface area contributed by atoms with Crippen LogP contribution < -0.4 is 4.74 Å². The largest absolute Gasteiger partial charge is 0.572 e. The summed E-state index contributed by atoms with van der Waals surface area (Å²) in [5.41, 5.74) is 3.46. The van der Waals surface area contributed by atoms with Gasteiger partial charge in [-0.05, 0) is 63.8 Å². The number of carbonyl (C=O) groups is 1. The number of nitrogens with zero attached hydrogens (tertiary/aromatic N) is 1. The standard InChI is InChI=1S/C23H27ClF3NO4/c1-14(7-5-9-15(2)32-23(25,26)27)8-6-10-28-16(3)17(12-22(29)30)18-11-21(31-4)19(24)13-20(18)28/h7,9,11,13H,5-6,8,10,12H2,1-4H3,(H,29,30)/b14-7+,15-9+. The zero-order valence-corrected chi connectivity index (χ0v) is 19.2. The first-order valence-corrected chi connectivity index (χ1v) is 10.5. The lowest BCUT2D eigenvalue weighted by atomic mass is 10.1. The third-order valence-corrected chi connectivity index (χ3v) is 5.45. The normalized spacial score (nSPS) is 13.0. The predicted octanol–water partition coefficient (Wildman–Crippen LogP) is 6.80. The number of rotatable bonds is 10. The molecule has 1 aromatic heterocycles. The molecule has 1 N–H and O–H groups in total. The van der Waals surface area contributed by atoms with E-state index in [2.05, 4.69) is 4.74 Å². The van der Waals surface area contributed by atoms with Crippen LogP contribution in [0.4, 0.5) is 13.2 Å². The lowest BCUT2D eigenvalue weighted by molar-refractivity contribution is -0.305. The van der Waals surface area contributed by atoms with E-state index in [1.165, 1.54) is 20.1 Å². The van der Waals surface area contributed by atoms with Crippen molar-refractivity contribution < 1.29 is 32.5 Å². The summed E-state index contributed by atoms with van der Waals surface area (Å²) in [5.74, 6) is -0.619. The minimum absolute atomic E-state index is 0.106. The van der Waals surface area contributed by atoms with Gasteiger partial charge in [-0.1, -0.05) is 23.3 Å². The minimum Gasteiger partial charge on any atom is -0.495 e. The van der Waals surface area contributed by atoms with Crippen molar-refractivity contribution in [3.05, 3.63) is 51.9 Å². The SMILES string of the molecule is COc1cc2c(CC(=O)O)c(C)n(CCC/C(C)=C/C/C=C(\C)OC(F)(F)F)c2cc1Cl. The van der Waals surface area contributed by atoms with Crippen LogP contribution >= 0.6 is 11.6 Å². The van der Waals surface area contributed by atoms with Gasteiger partial charge >= 0.3 is 12.3 Å². The molecule has 2 aromatic rings. The number of hydrogen-bond acceptors (Lipinski definition) is 3. The molecule has 32 heavy (non-hydrogen) atoms. The maximum absolute atomic E-state index is 12.2. The number of methoxy groups -OCH3 is 1. The van der Waals surface area contributed by atoms with Crippen LogP contribution in [0.2, 0.25) is 5.02 Å². The van der Waals surface area contributed by atoms with Crippen LogP contribution in [0.25, 0.3) is 10.9 Å². The smallest absolute Gasteiger partial charge is 0.495 e. The van der Waals surface area contributed by atoms with Gasteiger partial charge in [-0.25, -0.2) is 0 Å². The van der Waals surface area contributed by atoms with Gasteiger partial charge in [0.05, 0.1) is 29.8 Å². The molecule has 0 saturated heterocycles. The molecule has 1 heterocycles. The van der Waals surface area contributed by atoms with Crippen molar-refractivity contribution in [2.45, 2.75) is 59.4 Å². The Balaban J connectivity index is 2.14. The molecule has 0 atom stereocenters. The van der Waals surface area contributed by atoms with Gasteiger partial charge in [0.15, 0.2) is 0 Å². The molecule has 0 aliphatic heterocycles. The van der Waals surface area contributed by atoms with Crippen molar-refractivity contribution in [2.75, 3.05) is 7.11 Å². The molecule has 5 nitrogen and oxygen atoms in total. The zero-order valence-electron chi connectivity index (χ0n) is 18.5. The van der Waals surface area contributed by atoms with Crippen molar-refractivity contribution in [1.82, 2.24) is 4.57 Å². The summed E-state index contributed by atoms with van der Waals surface area (Å²) in [5, 5.41) is 10.6. The fourth-order valence-corrected chi connectivity index (χ4v) is 3.87. The summed E-state index contributed by atoms with van der Waals surface area (Å²) in [6.07, 6.45) is 0.315. The molecule has 0 radical (unpaired) electrons. The van der Waals surface area contributed by atoms with Gasteiger partial charge in [0.1, 0.15) is 5.75 Å². The van der Waals surface area contributed by atoms with Crippen LogP contribution in [0.5, 0.6) is 5.75 Å². The third kappa shape index (κ3) is 6.95. The number of halogens is 4. The van der Waals surface area contributed by atoms with Gasteiger partial charge < -0.3 is 19.1 Å². The Bertz CT molecular complexity index is 1040.